The highest BCUT2D eigenvalue weighted by atomic mass is 35.5. The maximum absolute atomic E-state index is 13.0. The molecule has 2 heterocycles. The van der Waals surface area contributed by atoms with Gasteiger partial charge in [0, 0.05) is 35.4 Å². The third-order valence-corrected chi connectivity index (χ3v) is 7.14. The van der Waals surface area contributed by atoms with Gasteiger partial charge in [-0.2, -0.15) is 0 Å². The fourth-order valence-electron chi connectivity index (χ4n) is 3.36. The van der Waals surface area contributed by atoms with Gasteiger partial charge in [-0.25, -0.2) is 0 Å². The van der Waals surface area contributed by atoms with Gasteiger partial charge >= 0.3 is 0 Å². The first kappa shape index (κ1) is 24.0. The lowest BCUT2D eigenvalue weighted by Crippen LogP contribution is -2.35. The number of nitrogens with zero attached hydrogens (tertiary/aromatic N) is 1. The van der Waals surface area contributed by atoms with Gasteiger partial charge in [0.15, 0.2) is 0 Å². The number of morpholine rings is 1. The lowest BCUT2D eigenvalue weighted by molar-refractivity contribution is 0.0342. The highest BCUT2D eigenvalue weighted by Gasteiger charge is 2.21. The van der Waals surface area contributed by atoms with Crippen molar-refractivity contribution < 1.29 is 14.3 Å². The van der Waals surface area contributed by atoms with Gasteiger partial charge in [0.2, 0.25) is 0 Å². The number of amides is 2. The molecular weight excluding hydrogens is 505 g/mol. The molecule has 1 aromatic heterocycles. The van der Waals surface area contributed by atoms with Crippen LogP contribution in [0, 0.1) is 0 Å². The van der Waals surface area contributed by atoms with Gasteiger partial charge in [0.1, 0.15) is 4.88 Å². The number of hydrogen-bond acceptors (Lipinski definition) is 5. The number of benzene rings is 2. The second-order valence-electron chi connectivity index (χ2n) is 7.40. The van der Waals surface area contributed by atoms with E-state index in [0.29, 0.717) is 51.1 Å². The molecule has 1 aliphatic heterocycles. The summed E-state index contributed by atoms with van der Waals surface area (Å²) in [6, 6.07) is 11.4. The number of carbonyl (C=O) groups is 2. The Morgan fingerprint density at radius 3 is 2.36 bits per heavy atom. The quantitative estimate of drug-likeness (QED) is 0.412. The molecular formula is C23H20Cl3N3O3S. The van der Waals surface area contributed by atoms with Crippen molar-refractivity contribution in [1.82, 2.24) is 4.90 Å². The summed E-state index contributed by atoms with van der Waals surface area (Å²) < 4.78 is 5.37. The second-order valence-corrected chi connectivity index (χ2v) is 9.53. The number of nitrogens with one attached hydrogen (secondary N) is 2. The predicted molar refractivity (Wildman–Crippen MR) is 134 cm³/mol. The highest BCUT2D eigenvalue weighted by molar-refractivity contribution is 7.13. The van der Waals surface area contributed by atoms with Gasteiger partial charge in [0.25, 0.3) is 11.8 Å². The summed E-state index contributed by atoms with van der Waals surface area (Å²) in [4.78, 5) is 28.5. The zero-order valence-electron chi connectivity index (χ0n) is 17.4. The van der Waals surface area contributed by atoms with Crippen LogP contribution in [0.3, 0.4) is 0 Å². The minimum atomic E-state index is -0.416. The Hall–Kier alpha value is -2.13. The summed E-state index contributed by atoms with van der Waals surface area (Å²) in [5.41, 5.74) is 2.02. The van der Waals surface area contributed by atoms with Crippen molar-refractivity contribution in [2.45, 2.75) is 6.54 Å². The van der Waals surface area contributed by atoms with Gasteiger partial charge in [-0.1, -0.05) is 34.8 Å². The SMILES string of the molecule is O=C(Nc1ccc(Cl)cc1)c1cc(Cl)ccc1NC(=O)c1scc(CN2CCOCC2)c1Cl. The van der Waals surface area contributed by atoms with Crippen molar-refractivity contribution in [3.8, 4) is 0 Å². The molecule has 172 valence electrons. The average molecular weight is 525 g/mol. The Labute approximate surface area is 210 Å². The molecule has 33 heavy (non-hydrogen) atoms. The summed E-state index contributed by atoms with van der Waals surface area (Å²) >= 11 is 19.8. The number of carbonyl (C=O) groups excluding carboxylic acids is 2. The first-order chi connectivity index (χ1) is 15.9. The molecule has 0 atom stereocenters. The van der Waals surface area contributed by atoms with Crippen LogP contribution in [-0.2, 0) is 11.3 Å². The molecule has 2 aromatic carbocycles. The zero-order chi connectivity index (χ0) is 23.4. The van der Waals surface area contributed by atoms with E-state index in [0.717, 1.165) is 18.7 Å². The number of ether oxygens (including phenoxy) is 1. The predicted octanol–water partition coefficient (Wildman–Crippen LogP) is 6.05. The van der Waals surface area contributed by atoms with E-state index in [9.17, 15) is 9.59 Å². The van der Waals surface area contributed by atoms with Crippen LogP contribution in [0.2, 0.25) is 15.1 Å². The van der Waals surface area contributed by atoms with Crippen LogP contribution in [-0.4, -0.2) is 43.0 Å². The Morgan fingerprint density at radius 2 is 1.64 bits per heavy atom. The number of anilines is 2. The van der Waals surface area contributed by atoms with Crippen molar-refractivity contribution in [1.29, 1.82) is 0 Å². The standard InChI is InChI=1S/C23H20Cl3N3O3S/c24-15-1-4-17(5-2-15)27-22(30)18-11-16(25)3-6-19(18)28-23(31)21-20(26)14(13-33-21)12-29-7-9-32-10-8-29/h1-6,11,13H,7-10,12H2,(H,27,30)(H,28,31). The molecule has 0 saturated carbocycles. The number of hydrogen-bond donors (Lipinski definition) is 2. The molecule has 10 heteroatoms. The third-order valence-electron chi connectivity index (χ3n) is 5.08. The molecule has 3 aromatic rings. The average Bonchev–Trinajstić information content (AvgIpc) is 3.17. The van der Waals surface area contributed by atoms with E-state index < -0.39 is 5.91 Å². The van der Waals surface area contributed by atoms with Crippen molar-refractivity contribution in [2.75, 3.05) is 36.9 Å². The second kappa shape index (κ2) is 10.9. The minimum absolute atomic E-state index is 0.229. The van der Waals surface area contributed by atoms with Crippen LogP contribution in [0.15, 0.2) is 47.8 Å². The minimum Gasteiger partial charge on any atom is -0.379 e. The number of rotatable bonds is 6. The summed E-state index contributed by atoms with van der Waals surface area (Å²) in [6.45, 7) is 3.68. The maximum atomic E-state index is 13.0. The van der Waals surface area contributed by atoms with Gasteiger partial charge in [-0.05, 0) is 53.4 Å². The Kier molecular flexibility index (Phi) is 7.90. The molecule has 4 rings (SSSR count). The third kappa shape index (κ3) is 6.06. The van der Waals surface area contributed by atoms with E-state index >= 15 is 0 Å². The summed E-state index contributed by atoms with van der Waals surface area (Å²) in [6.07, 6.45) is 0. The van der Waals surface area contributed by atoms with E-state index in [1.807, 2.05) is 5.38 Å². The van der Waals surface area contributed by atoms with Crippen LogP contribution in [0.4, 0.5) is 11.4 Å². The van der Waals surface area contributed by atoms with E-state index in [1.54, 1.807) is 36.4 Å². The van der Waals surface area contributed by atoms with Crippen LogP contribution in [0.25, 0.3) is 0 Å². The normalized spacial score (nSPS) is 14.2. The van der Waals surface area contributed by atoms with Crippen LogP contribution in [0.5, 0.6) is 0 Å². The van der Waals surface area contributed by atoms with Gasteiger partial charge in [-0.3, -0.25) is 14.5 Å². The molecule has 0 spiro atoms. The Balaban J connectivity index is 1.50. The molecule has 0 bridgehead atoms. The van der Waals surface area contributed by atoms with Crippen LogP contribution < -0.4 is 10.6 Å². The Morgan fingerprint density at radius 1 is 0.939 bits per heavy atom. The van der Waals surface area contributed by atoms with Crippen molar-refractivity contribution in [3.05, 3.63) is 78.9 Å². The van der Waals surface area contributed by atoms with Crippen LogP contribution in [0.1, 0.15) is 25.6 Å². The molecule has 1 aliphatic rings. The van der Waals surface area contributed by atoms with E-state index in [1.165, 1.54) is 17.4 Å². The van der Waals surface area contributed by atoms with Crippen molar-refractivity contribution >= 4 is 69.3 Å². The van der Waals surface area contributed by atoms with Gasteiger partial charge in [0.05, 0.1) is 29.5 Å². The maximum Gasteiger partial charge on any atom is 0.267 e. The first-order valence-electron chi connectivity index (χ1n) is 10.1. The smallest absolute Gasteiger partial charge is 0.267 e. The van der Waals surface area contributed by atoms with Crippen molar-refractivity contribution in [2.24, 2.45) is 0 Å². The summed E-state index contributed by atoms with van der Waals surface area (Å²) in [7, 11) is 0. The molecule has 2 amide bonds. The fraction of sp³-hybridized carbons (Fsp3) is 0.217. The summed E-state index contributed by atoms with van der Waals surface area (Å²) in [5.74, 6) is -0.804. The molecule has 6 nitrogen and oxygen atoms in total. The molecule has 1 saturated heterocycles. The largest absolute Gasteiger partial charge is 0.379 e. The topological polar surface area (TPSA) is 70.7 Å². The number of halogens is 3. The van der Waals surface area contributed by atoms with Crippen molar-refractivity contribution in [3.63, 3.8) is 0 Å². The number of thiophene rings is 1. The molecule has 1 fully saturated rings. The lowest BCUT2D eigenvalue weighted by atomic mass is 10.1. The first-order valence-corrected chi connectivity index (χ1v) is 12.2. The molecule has 2 N–H and O–H groups in total. The monoisotopic (exact) mass is 523 g/mol. The van der Waals surface area contributed by atoms with Crippen LogP contribution >= 0.6 is 46.1 Å². The molecule has 0 aliphatic carbocycles. The highest BCUT2D eigenvalue weighted by Crippen LogP contribution is 2.31. The van der Waals surface area contributed by atoms with E-state index in [2.05, 4.69) is 15.5 Å². The molecule has 0 radical (unpaired) electrons. The Bertz CT molecular complexity index is 1160. The lowest BCUT2D eigenvalue weighted by Gasteiger charge is -2.26. The van der Waals surface area contributed by atoms with E-state index in [-0.39, 0.29) is 11.5 Å². The molecule has 0 unspecified atom stereocenters. The zero-order valence-corrected chi connectivity index (χ0v) is 20.5. The summed E-state index contributed by atoms with van der Waals surface area (Å²) in [5, 5.41) is 8.83. The fourth-order valence-corrected chi connectivity index (χ4v) is 4.91. The van der Waals surface area contributed by atoms with Gasteiger partial charge in [-0.15, -0.1) is 11.3 Å². The van der Waals surface area contributed by atoms with E-state index in [4.69, 9.17) is 39.5 Å². The van der Waals surface area contributed by atoms with Gasteiger partial charge < -0.3 is 15.4 Å².